The van der Waals surface area contributed by atoms with Gasteiger partial charge in [-0.1, -0.05) is 29.8 Å². The van der Waals surface area contributed by atoms with Crippen LogP contribution in [0.5, 0.6) is 0 Å². The third-order valence-corrected chi connectivity index (χ3v) is 4.23. The van der Waals surface area contributed by atoms with Gasteiger partial charge in [-0.3, -0.25) is 9.59 Å². The van der Waals surface area contributed by atoms with E-state index in [2.05, 4.69) is 18.5 Å². The minimum absolute atomic E-state index is 0.125. The van der Waals surface area contributed by atoms with Gasteiger partial charge in [-0.25, -0.2) is 0 Å². The van der Waals surface area contributed by atoms with Gasteiger partial charge >= 0.3 is 0 Å². The van der Waals surface area contributed by atoms with Crippen molar-refractivity contribution < 1.29 is 9.59 Å². The van der Waals surface area contributed by atoms with E-state index in [1.54, 1.807) is 28.8 Å². The molecule has 1 aromatic carbocycles. The number of hydrogen-bond acceptors (Lipinski definition) is 3. The Balaban J connectivity index is 2.78. The Hall–Kier alpha value is -2.01. The highest BCUT2D eigenvalue weighted by atomic mass is 32.2. The lowest BCUT2D eigenvalue weighted by Crippen LogP contribution is -2.49. The van der Waals surface area contributed by atoms with Gasteiger partial charge in [-0.2, -0.15) is 0 Å². The smallest absolute Gasteiger partial charge is 0.246 e. The summed E-state index contributed by atoms with van der Waals surface area (Å²) in [6.07, 6.45) is 3.33. The van der Waals surface area contributed by atoms with Crippen molar-refractivity contribution in [3.05, 3.63) is 55.1 Å². The molecule has 0 saturated heterocycles. The van der Waals surface area contributed by atoms with E-state index in [0.29, 0.717) is 18.8 Å². The quantitative estimate of drug-likeness (QED) is 0.559. The SMILES string of the molecule is C=CCN(CC=C)C(=O)C(CSc1ccc(C)cc1)NC(C)=O. The number of carbonyl (C=O) groups is 2. The van der Waals surface area contributed by atoms with E-state index < -0.39 is 6.04 Å². The number of carbonyl (C=O) groups excluding carboxylic acids is 2. The van der Waals surface area contributed by atoms with E-state index in [9.17, 15) is 9.59 Å². The lowest BCUT2D eigenvalue weighted by atomic mass is 10.2. The van der Waals surface area contributed by atoms with Crippen LogP contribution < -0.4 is 5.32 Å². The molecule has 124 valence electrons. The van der Waals surface area contributed by atoms with Gasteiger partial charge in [-0.05, 0) is 19.1 Å². The molecule has 0 aliphatic carbocycles. The van der Waals surface area contributed by atoms with Crippen molar-refractivity contribution in [3.63, 3.8) is 0 Å². The summed E-state index contributed by atoms with van der Waals surface area (Å²) in [5.41, 5.74) is 1.19. The standard InChI is InChI=1S/C18H24N2O2S/c1-5-11-20(12-6-2)18(22)17(19-15(4)21)13-23-16-9-7-14(3)8-10-16/h5-10,17H,1-2,11-13H2,3-4H3,(H,19,21). The molecule has 1 unspecified atom stereocenters. The summed E-state index contributed by atoms with van der Waals surface area (Å²) in [6.45, 7) is 11.6. The zero-order valence-corrected chi connectivity index (χ0v) is 14.6. The Labute approximate surface area is 142 Å². The molecule has 1 aromatic rings. The maximum absolute atomic E-state index is 12.6. The van der Waals surface area contributed by atoms with Crippen molar-refractivity contribution in [1.29, 1.82) is 0 Å². The molecule has 0 aromatic heterocycles. The summed E-state index contributed by atoms with van der Waals surface area (Å²) >= 11 is 1.55. The lowest BCUT2D eigenvalue weighted by molar-refractivity contribution is -0.134. The van der Waals surface area contributed by atoms with Gasteiger partial charge in [0.2, 0.25) is 11.8 Å². The van der Waals surface area contributed by atoms with Gasteiger partial charge in [0.05, 0.1) is 0 Å². The fourth-order valence-electron chi connectivity index (χ4n) is 2.02. The molecular formula is C18H24N2O2S. The van der Waals surface area contributed by atoms with E-state index in [-0.39, 0.29) is 11.8 Å². The molecule has 0 radical (unpaired) electrons. The molecule has 5 heteroatoms. The zero-order valence-electron chi connectivity index (χ0n) is 13.7. The van der Waals surface area contributed by atoms with E-state index in [0.717, 1.165) is 4.90 Å². The van der Waals surface area contributed by atoms with Gasteiger partial charge in [0.25, 0.3) is 0 Å². The van der Waals surface area contributed by atoms with E-state index in [4.69, 9.17) is 0 Å². The highest BCUT2D eigenvalue weighted by molar-refractivity contribution is 7.99. The second-order valence-corrected chi connectivity index (χ2v) is 6.29. The number of rotatable bonds is 9. The zero-order chi connectivity index (χ0) is 17.2. The van der Waals surface area contributed by atoms with Crippen LogP contribution in [0.25, 0.3) is 0 Å². The number of nitrogens with zero attached hydrogens (tertiary/aromatic N) is 1. The predicted molar refractivity (Wildman–Crippen MR) is 96.5 cm³/mol. The fraction of sp³-hybridized carbons (Fsp3) is 0.333. The maximum Gasteiger partial charge on any atom is 0.246 e. The number of aryl methyl sites for hydroxylation is 1. The second kappa shape index (κ2) is 9.90. The summed E-state index contributed by atoms with van der Waals surface area (Å²) in [5, 5.41) is 2.74. The molecular weight excluding hydrogens is 308 g/mol. The maximum atomic E-state index is 12.6. The summed E-state index contributed by atoms with van der Waals surface area (Å²) < 4.78 is 0. The summed E-state index contributed by atoms with van der Waals surface area (Å²) in [7, 11) is 0. The van der Waals surface area contributed by atoms with Crippen LogP contribution in [-0.4, -0.2) is 41.6 Å². The van der Waals surface area contributed by atoms with Crippen LogP contribution in [-0.2, 0) is 9.59 Å². The van der Waals surface area contributed by atoms with Crippen LogP contribution in [0.2, 0.25) is 0 Å². The first-order chi connectivity index (χ1) is 11.0. The number of nitrogens with one attached hydrogen (secondary N) is 1. The third kappa shape index (κ3) is 6.74. The molecule has 0 aliphatic heterocycles. The van der Waals surface area contributed by atoms with Crippen molar-refractivity contribution in [2.75, 3.05) is 18.8 Å². The first-order valence-electron chi connectivity index (χ1n) is 7.45. The predicted octanol–water partition coefficient (Wildman–Crippen LogP) is 2.79. The van der Waals surface area contributed by atoms with Crippen molar-refractivity contribution in [2.24, 2.45) is 0 Å². The number of thioether (sulfide) groups is 1. The highest BCUT2D eigenvalue weighted by Crippen LogP contribution is 2.19. The topological polar surface area (TPSA) is 49.4 Å². The average Bonchev–Trinajstić information content (AvgIpc) is 2.51. The number of amides is 2. The van der Waals surface area contributed by atoms with Crippen molar-refractivity contribution in [3.8, 4) is 0 Å². The molecule has 23 heavy (non-hydrogen) atoms. The first kappa shape index (κ1) is 19.0. The Bertz CT molecular complexity index is 545. The average molecular weight is 332 g/mol. The fourth-order valence-corrected chi connectivity index (χ4v) is 2.93. The largest absolute Gasteiger partial charge is 0.344 e. The van der Waals surface area contributed by atoms with Gasteiger partial charge in [-0.15, -0.1) is 24.9 Å². The van der Waals surface area contributed by atoms with Gasteiger partial charge in [0.1, 0.15) is 6.04 Å². The van der Waals surface area contributed by atoms with Crippen LogP contribution >= 0.6 is 11.8 Å². The lowest BCUT2D eigenvalue weighted by Gasteiger charge is -2.25. The molecule has 1 atom stereocenters. The van der Waals surface area contributed by atoms with Crippen LogP contribution in [0.1, 0.15) is 12.5 Å². The van der Waals surface area contributed by atoms with Crippen molar-refractivity contribution in [2.45, 2.75) is 24.8 Å². The van der Waals surface area contributed by atoms with Crippen molar-refractivity contribution >= 4 is 23.6 Å². The molecule has 0 bridgehead atoms. The van der Waals surface area contributed by atoms with Gasteiger partial charge in [0.15, 0.2) is 0 Å². The molecule has 4 nitrogen and oxygen atoms in total. The molecule has 0 spiro atoms. The minimum atomic E-state index is -0.571. The number of benzene rings is 1. The second-order valence-electron chi connectivity index (χ2n) is 5.20. The summed E-state index contributed by atoms with van der Waals surface area (Å²) in [4.78, 5) is 26.7. The number of hydrogen-bond donors (Lipinski definition) is 1. The van der Waals surface area contributed by atoms with Gasteiger partial charge < -0.3 is 10.2 Å². The van der Waals surface area contributed by atoms with Crippen molar-refractivity contribution in [1.82, 2.24) is 10.2 Å². The van der Waals surface area contributed by atoms with E-state index in [1.165, 1.54) is 12.5 Å². The third-order valence-electron chi connectivity index (χ3n) is 3.12. The minimum Gasteiger partial charge on any atom is -0.344 e. The molecule has 1 N–H and O–H groups in total. The molecule has 0 aliphatic rings. The monoisotopic (exact) mass is 332 g/mol. The summed E-state index contributed by atoms with van der Waals surface area (Å²) in [5.74, 6) is 0.135. The molecule has 0 heterocycles. The molecule has 2 amide bonds. The first-order valence-corrected chi connectivity index (χ1v) is 8.43. The Morgan fingerprint density at radius 3 is 2.26 bits per heavy atom. The Morgan fingerprint density at radius 1 is 1.22 bits per heavy atom. The normalized spacial score (nSPS) is 11.4. The Kier molecular flexibility index (Phi) is 8.19. The highest BCUT2D eigenvalue weighted by Gasteiger charge is 2.24. The van der Waals surface area contributed by atoms with E-state index in [1.807, 2.05) is 31.2 Å². The van der Waals surface area contributed by atoms with Crippen LogP contribution in [0.4, 0.5) is 0 Å². The van der Waals surface area contributed by atoms with Gasteiger partial charge in [0, 0.05) is 30.7 Å². The summed E-state index contributed by atoms with van der Waals surface area (Å²) in [6, 6.07) is 7.51. The molecule has 0 fully saturated rings. The Morgan fingerprint density at radius 2 is 1.78 bits per heavy atom. The van der Waals surface area contributed by atoms with Crippen LogP contribution in [0, 0.1) is 6.92 Å². The van der Waals surface area contributed by atoms with E-state index >= 15 is 0 Å². The van der Waals surface area contributed by atoms with Crippen LogP contribution in [0.3, 0.4) is 0 Å². The van der Waals surface area contributed by atoms with Crippen LogP contribution in [0.15, 0.2) is 54.5 Å². The molecule has 1 rings (SSSR count). The molecule has 0 saturated carbocycles.